The topological polar surface area (TPSA) is 35.2 Å². The molecule has 0 aliphatic rings. The van der Waals surface area contributed by atoms with Crippen LogP contribution >= 0.6 is 15.9 Å². The van der Waals surface area contributed by atoms with E-state index >= 15 is 0 Å². The first-order chi connectivity index (χ1) is 8.69. The first-order valence-corrected chi connectivity index (χ1v) is 6.74. The number of anilines is 1. The third kappa shape index (κ3) is 3.26. The maximum Gasteiger partial charge on any atom is 0.120 e. The highest BCUT2D eigenvalue weighted by Gasteiger charge is 2.01. The summed E-state index contributed by atoms with van der Waals surface area (Å²) >= 11 is 3.39. The van der Waals surface area contributed by atoms with Crippen molar-refractivity contribution in [1.29, 1.82) is 0 Å². The smallest absolute Gasteiger partial charge is 0.120 e. The Morgan fingerprint density at radius 2 is 2.00 bits per heavy atom. The Balaban J connectivity index is 2.06. The molecule has 18 heavy (non-hydrogen) atoms. The lowest BCUT2D eigenvalue weighted by Gasteiger charge is -2.09. The van der Waals surface area contributed by atoms with Gasteiger partial charge in [0.05, 0.1) is 0 Å². The lowest BCUT2D eigenvalue weighted by molar-refractivity contribution is 0.306. The van der Waals surface area contributed by atoms with Crippen LogP contribution in [0.5, 0.6) is 5.75 Å². The second-order valence-corrected chi connectivity index (χ2v) is 5.05. The van der Waals surface area contributed by atoms with Crippen LogP contribution in [-0.2, 0) is 13.0 Å². The number of halogens is 1. The normalized spacial score (nSPS) is 10.3. The second kappa shape index (κ2) is 5.91. The Kier molecular flexibility index (Phi) is 4.26. The molecule has 0 saturated carbocycles. The van der Waals surface area contributed by atoms with Gasteiger partial charge in [0.25, 0.3) is 0 Å². The summed E-state index contributed by atoms with van der Waals surface area (Å²) in [7, 11) is 0. The lowest BCUT2D eigenvalue weighted by atomic mass is 10.1. The molecule has 3 heteroatoms. The fraction of sp³-hybridized carbons (Fsp3) is 0.200. The van der Waals surface area contributed by atoms with Gasteiger partial charge in [-0.2, -0.15) is 0 Å². The molecule has 0 aromatic heterocycles. The van der Waals surface area contributed by atoms with Crippen LogP contribution in [0.1, 0.15) is 18.1 Å². The number of aryl methyl sites for hydroxylation is 1. The zero-order chi connectivity index (χ0) is 13.0. The van der Waals surface area contributed by atoms with Gasteiger partial charge >= 0.3 is 0 Å². The number of hydrogen-bond donors (Lipinski definition) is 1. The molecule has 2 rings (SSSR count). The first-order valence-electron chi connectivity index (χ1n) is 5.94. The van der Waals surface area contributed by atoms with E-state index in [1.807, 2.05) is 30.3 Å². The summed E-state index contributed by atoms with van der Waals surface area (Å²) in [4.78, 5) is 0. The molecule has 2 nitrogen and oxygen atoms in total. The van der Waals surface area contributed by atoms with Crippen molar-refractivity contribution >= 4 is 21.6 Å². The molecule has 0 aliphatic carbocycles. The highest BCUT2D eigenvalue weighted by Crippen LogP contribution is 2.21. The van der Waals surface area contributed by atoms with E-state index in [0.717, 1.165) is 27.9 Å². The van der Waals surface area contributed by atoms with Crippen molar-refractivity contribution < 1.29 is 4.74 Å². The van der Waals surface area contributed by atoms with Crippen molar-refractivity contribution in [3.63, 3.8) is 0 Å². The highest BCUT2D eigenvalue weighted by molar-refractivity contribution is 9.10. The Morgan fingerprint density at radius 1 is 1.17 bits per heavy atom. The first kappa shape index (κ1) is 13.0. The van der Waals surface area contributed by atoms with Crippen molar-refractivity contribution in [3.8, 4) is 5.75 Å². The molecule has 2 aromatic rings. The van der Waals surface area contributed by atoms with E-state index in [-0.39, 0.29) is 0 Å². The van der Waals surface area contributed by atoms with Gasteiger partial charge in [-0.1, -0.05) is 41.1 Å². The van der Waals surface area contributed by atoms with Crippen molar-refractivity contribution in [3.05, 3.63) is 58.1 Å². The van der Waals surface area contributed by atoms with Crippen LogP contribution in [0.2, 0.25) is 0 Å². The van der Waals surface area contributed by atoms with Crippen LogP contribution in [0, 0.1) is 0 Å². The molecule has 0 heterocycles. The molecule has 0 bridgehead atoms. The van der Waals surface area contributed by atoms with E-state index in [4.69, 9.17) is 10.5 Å². The standard InChI is InChI=1S/C15H16BrNO/c1-2-11-4-3-5-14(8-11)18-10-12-6-7-13(16)9-15(12)17/h3-9H,2,10,17H2,1H3. The number of ether oxygens (including phenoxy) is 1. The molecule has 0 amide bonds. The summed E-state index contributed by atoms with van der Waals surface area (Å²) in [5, 5.41) is 0. The van der Waals surface area contributed by atoms with Crippen LogP contribution < -0.4 is 10.5 Å². The van der Waals surface area contributed by atoms with Gasteiger partial charge in [-0.25, -0.2) is 0 Å². The van der Waals surface area contributed by atoms with Gasteiger partial charge in [-0.05, 0) is 36.2 Å². The maximum absolute atomic E-state index is 5.93. The third-order valence-electron chi connectivity index (χ3n) is 2.81. The fourth-order valence-corrected chi connectivity index (χ4v) is 2.09. The summed E-state index contributed by atoms with van der Waals surface area (Å²) in [6, 6.07) is 14.0. The van der Waals surface area contributed by atoms with Crippen LogP contribution in [0.15, 0.2) is 46.9 Å². The molecule has 0 atom stereocenters. The van der Waals surface area contributed by atoms with Crippen LogP contribution in [0.25, 0.3) is 0 Å². The van der Waals surface area contributed by atoms with Gasteiger partial charge in [0.15, 0.2) is 0 Å². The molecular weight excluding hydrogens is 290 g/mol. The zero-order valence-corrected chi connectivity index (χ0v) is 11.9. The third-order valence-corrected chi connectivity index (χ3v) is 3.30. The van der Waals surface area contributed by atoms with Crippen molar-refractivity contribution in [2.45, 2.75) is 20.0 Å². The van der Waals surface area contributed by atoms with E-state index < -0.39 is 0 Å². The Labute approximate surface area is 116 Å². The Hall–Kier alpha value is -1.48. The summed E-state index contributed by atoms with van der Waals surface area (Å²) in [6.45, 7) is 2.62. The number of rotatable bonds is 4. The average molecular weight is 306 g/mol. The predicted molar refractivity (Wildman–Crippen MR) is 78.7 cm³/mol. The van der Waals surface area contributed by atoms with Crippen LogP contribution in [0.4, 0.5) is 5.69 Å². The summed E-state index contributed by atoms with van der Waals surface area (Å²) < 4.78 is 6.74. The number of nitrogens with two attached hydrogens (primary N) is 1. The van der Waals surface area contributed by atoms with Crippen LogP contribution in [0.3, 0.4) is 0 Å². The van der Waals surface area contributed by atoms with Gasteiger partial charge < -0.3 is 10.5 Å². The summed E-state index contributed by atoms with van der Waals surface area (Å²) in [5.41, 5.74) is 8.95. The molecule has 0 aliphatic heterocycles. The second-order valence-electron chi connectivity index (χ2n) is 4.13. The molecule has 94 valence electrons. The van der Waals surface area contributed by atoms with Gasteiger partial charge in [0, 0.05) is 15.7 Å². The van der Waals surface area contributed by atoms with Crippen LogP contribution in [-0.4, -0.2) is 0 Å². The maximum atomic E-state index is 5.93. The molecule has 0 spiro atoms. The molecule has 2 aromatic carbocycles. The van der Waals surface area contributed by atoms with Crippen molar-refractivity contribution in [2.75, 3.05) is 5.73 Å². The number of benzene rings is 2. The summed E-state index contributed by atoms with van der Waals surface area (Å²) in [5.74, 6) is 0.886. The summed E-state index contributed by atoms with van der Waals surface area (Å²) in [6.07, 6.45) is 1.01. The molecule has 0 saturated heterocycles. The largest absolute Gasteiger partial charge is 0.489 e. The van der Waals surface area contributed by atoms with E-state index in [1.165, 1.54) is 5.56 Å². The minimum Gasteiger partial charge on any atom is -0.489 e. The lowest BCUT2D eigenvalue weighted by Crippen LogP contribution is -2.00. The van der Waals surface area contributed by atoms with E-state index in [9.17, 15) is 0 Å². The van der Waals surface area contributed by atoms with Crippen molar-refractivity contribution in [2.24, 2.45) is 0 Å². The monoisotopic (exact) mass is 305 g/mol. The number of nitrogen functional groups attached to an aromatic ring is 1. The Bertz CT molecular complexity index is 540. The molecule has 0 unspecified atom stereocenters. The quantitative estimate of drug-likeness (QED) is 0.860. The predicted octanol–water partition coefficient (Wildman–Crippen LogP) is 4.17. The average Bonchev–Trinajstić information content (AvgIpc) is 2.38. The van der Waals surface area contributed by atoms with Gasteiger partial charge in [0.2, 0.25) is 0 Å². The van der Waals surface area contributed by atoms with Gasteiger partial charge in [0.1, 0.15) is 12.4 Å². The molecule has 2 N–H and O–H groups in total. The fourth-order valence-electron chi connectivity index (χ4n) is 1.71. The van der Waals surface area contributed by atoms with E-state index in [0.29, 0.717) is 6.61 Å². The SMILES string of the molecule is CCc1cccc(OCc2ccc(Br)cc2N)c1. The minimum atomic E-state index is 0.492. The molecule has 0 fully saturated rings. The van der Waals surface area contributed by atoms with Gasteiger partial charge in [-0.3, -0.25) is 0 Å². The van der Waals surface area contributed by atoms with E-state index in [1.54, 1.807) is 0 Å². The Morgan fingerprint density at radius 3 is 2.72 bits per heavy atom. The highest BCUT2D eigenvalue weighted by atomic mass is 79.9. The number of hydrogen-bond acceptors (Lipinski definition) is 2. The molecule has 0 radical (unpaired) electrons. The van der Waals surface area contributed by atoms with Crippen molar-refractivity contribution in [1.82, 2.24) is 0 Å². The minimum absolute atomic E-state index is 0.492. The van der Waals surface area contributed by atoms with Gasteiger partial charge in [-0.15, -0.1) is 0 Å². The van der Waals surface area contributed by atoms with E-state index in [2.05, 4.69) is 35.0 Å². The zero-order valence-electron chi connectivity index (χ0n) is 10.3. The molecular formula is C15H16BrNO.